The highest BCUT2D eigenvalue weighted by molar-refractivity contribution is 7.25. The lowest BCUT2D eigenvalue weighted by Crippen LogP contribution is -2.03. The number of hydrogen-bond donors (Lipinski definition) is 0. The minimum Gasteiger partial charge on any atom is -0.278 e. The molecule has 11 rings (SSSR count). The van der Waals surface area contributed by atoms with E-state index in [9.17, 15) is 0 Å². The molecule has 0 N–H and O–H groups in total. The van der Waals surface area contributed by atoms with Gasteiger partial charge in [0.25, 0.3) is 0 Å². The average Bonchev–Trinajstić information content (AvgIpc) is 3.76. The summed E-state index contributed by atoms with van der Waals surface area (Å²) in [6.45, 7) is 0. The average molecular weight is 680 g/mol. The number of benzene rings is 8. The molecule has 0 bridgehead atoms. The Morgan fingerprint density at radius 3 is 1.85 bits per heavy atom. The molecule has 0 amide bonds. The second-order valence-corrected chi connectivity index (χ2v) is 14.4. The summed E-state index contributed by atoms with van der Waals surface area (Å²) < 4.78 is 4.89. The van der Waals surface area contributed by atoms with Crippen LogP contribution in [0, 0.1) is 0 Å². The molecule has 3 nitrogen and oxygen atoms in total. The predicted octanol–water partition coefficient (Wildman–Crippen LogP) is 13.2. The lowest BCUT2D eigenvalue weighted by molar-refractivity contribution is 1.01. The molecule has 3 heterocycles. The first-order valence-electron chi connectivity index (χ1n) is 17.6. The number of rotatable bonds is 4. The Labute approximate surface area is 303 Å². The summed E-state index contributed by atoms with van der Waals surface area (Å²) in [6.07, 6.45) is 0. The Morgan fingerprint density at radius 2 is 1.00 bits per heavy atom. The monoisotopic (exact) mass is 679 g/mol. The van der Waals surface area contributed by atoms with E-state index in [0.717, 1.165) is 33.2 Å². The summed E-state index contributed by atoms with van der Waals surface area (Å²) >= 11 is 1.85. The summed E-state index contributed by atoms with van der Waals surface area (Å²) in [6, 6.07) is 63.1. The third kappa shape index (κ3) is 4.45. The van der Waals surface area contributed by atoms with Crippen molar-refractivity contribution in [3.05, 3.63) is 176 Å². The van der Waals surface area contributed by atoms with E-state index in [4.69, 9.17) is 9.97 Å². The van der Waals surface area contributed by atoms with Gasteiger partial charge in [0.15, 0.2) is 0 Å². The van der Waals surface area contributed by atoms with Gasteiger partial charge >= 0.3 is 0 Å². The van der Waals surface area contributed by atoms with E-state index in [1.54, 1.807) is 0 Å². The number of para-hydroxylation sites is 2. The van der Waals surface area contributed by atoms with Crippen LogP contribution in [0.25, 0.3) is 103 Å². The maximum atomic E-state index is 5.42. The van der Waals surface area contributed by atoms with E-state index in [0.29, 0.717) is 5.95 Å². The molecule has 11 aromatic rings. The third-order valence-corrected chi connectivity index (χ3v) is 11.6. The Kier molecular flexibility index (Phi) is 6.42. The molecule has 0 unspecified atom stereocenters. The molecule has 0 radical (unpaired) electrons. The van der Waals surface area contributed by atoms with Crippen LogP contribution in [0.4, 0.5) is 0 Å². The van der Waals surface area contributed by atoms with E-state index >= 15 is 0 Å². The fraction of sp³-hybridized carbons (Fsp3) is 0. The van der Waals surface area contributed by atoms with Crippen LogP contribution in [0.15, 0.2) is 176 Å². The van der Waals surface area contributed by atoms with Gasteiger partial charge in [0.2, 0.25) is 5.95 Å². The molecule has 3 aromatic heterocycles. The van der Waals surface area contributed by atoms with Gasteiger partial charge in [-0.25, -0.2) is 9.97 Å². The van der Waals surface area contributed by atoms with E-state index in [2.05, 4.69) is 180 Å². The molecule has 0 saturated heterocycles. The minimum absolute atomic E-state index is 0.660. The topological polar surface area (TPSA) is 30.7 Å². The molecule has 0 saturated carbocycles. The van der Waals surface area contributed by atoms with Gasteiger partial charge in [0.05, 0.1) is 22.2 Å². The van der Waals surface area contributed by atoms with Crippen molar-refractivity contribution in [3.63, 3.8) is 0 Å². The van der Waals surface area contributed by atoms with Crippen molar-refractivity contribution in [2.75, 3.05) is 0 Å². The number of aromatic nitrogens is 3. The van der Waals surface area contributed by atoms with Crippen LogP contribution in [0.3, 0.4) is 0 Å². The van der Waals surface area contributed by atoms with Gasteiger partial charge in [-0.2, -0.15) is 0 Å². The number of hydrogen-bond acceptors (Lipinski definition) is 3. The summed E-state index contributed by atoms with van der Waals surface area (Å²) in [5, 5.41) is 8.48. The standard InChI is InChI=1S/C48H29N3S/c1-2-12-30(13-3-1)31-22-24-32(25-23-31)47-37-17-6-9-19-41(37)49-48(50-47)51-42-20-10-7-18-38(42)46-36-16-5-4-14-34(36)39(29-43(46)51)33-26-27-45-40(28-33)35-15-8-11-21-44(35)52-45/h1-29H. The Hall–Kier alpha value is -6.62. The van der Waals surface area contributed by atoms with Gasteiger partial charge in [-0.15, -0.1) is 11.3 Å². The summed E-state index contributed by atoms with van der Waals surface area (Å²) in [5.74, 6) is 0.660. The Balaban J connectivity index is 1.19. The molecule has 0 aliphatic carbocycles. The molecule has 0 spiro atoms. The molecule has 0 atom stereocenters. The fourth-order valence-electron chi connectivity index (χ4n) is 8.01. The highest BCUT2D eigenvalue weighted by atomic mass is 32.1. The van der Waals surface area contributed by atoms with Crippen LogP contribution in [0.2, 0.25) is 0 Å². The highest BCUT2D eigenvalue weighted by Crippen LogP contribution is 2.43. The van der Waals surface area contributed by atoms with Crippen molar-refractivity contribution < 1.29 is 0 Å². The van der Waals surface area contributed by atoms with Crippen molar-refractivity contribution in [1.82, 2.24) is 14.5 Å². The van der Waals surface area contributed by atoms with Crippen molar-refractivity contribution in [3.8, 4) is 39.5 Å². The Morgan fingerprint density at radius 1 is 0.385 bits per heavy atom. The second kappa shape index (κ2) is 11.5. The number of thiophene rings is 1. The first kappa shape index (κ1) is 29.1. The van der Waals surface area contributed by atoms with Crippen LogP contribution in [0.1, 0.15) is 0 Å². The highest BCUT2D eigenvalue weighted by Gasteiger charge is 2.21. The van der Waals surface area contributed by atoms with Crippen LogP contribution >= 0.6 is 11.3 Å². The zero-order valence-corrected chi connectivity index (χ0v) is 28.8. The van der Waals surface area contributed by atoms with E-state index in [-0.39, 0.29) is 0 Å². The molecule has 8 aromatic carbocycles. The zero-order chi connectivity index (χ0) is 34.2. The van der Waals surface area contributed by atoms with Crippen LogP contribution < -0.4 is 0 Å². The first-order valence-corrected chi connectivity index (χ1v) is 18.4. The second-order valence-electron chi connectivity index (χ2n) is 13.4. The van der Waals surface area contributed by atoms with E-state index in [1.165, 1.54) is 64.0 Å². The van der Waals surface area contributed by atoms with Gasteiger partial charge in [-0.3, -0.25) is 4.57 Å². The molecular formula is C48H29N3S. The predicted molar refractivity (Wildman–Crippen MR) is 221 cm³/mol. The molecule has 242 valence electrons. The smallest absolute Gasteiger partial charge is 0.235 e. The summed E-state index contributed by atoms with van der Waals surface area (Å²) in [4.78, 5) is 10.7. The zero-order valence-electron chi connectivity index (χ0n) is 28.0. The van der Waals surface area contributed by atoms with Gasteiger partial charge in [-0.1, -0.05) is 140 Å². The molecule has 52 heavy (non-hydrogen) atoms. The van der Waals surface area contributed by atoms with Crippen LogP contribution in [-0.4, -0.2) is 14.5 Å². The van der Waals surface area contributed by atoms with Gasteiger partial charge in [0, 0.05) is 41.9 Å². The fourth-order valence-corrected chi connectivity index (χ4v) is 9.10. The molecule has 0 aliphatic heterocycles. The van der Waals surface area contributed by atoms with E-state index in [1.807, 2.05) is 11.3 Å². The Bertz CT molecular complexity index is 3170. The molecule has 4 heteroatoms. The number of nitrogens with zero attached hydrogens (tertiary/aromatic N) is 3. The SMILES string of the molecule is c1ccc(-c2ccc(-c3nc(-n4c5ccccc5c5c6ccccc6c(-c6ccc7sc8ccccc8c7c6)cc54)nc4ccccc34)cc2)cc1. The number of fused-ring (bicyclic) bond motifs is 9. The quantitative estimate of drug-likeness (QED) is 0.185. The first-order chi connectivity index (χ1) is 25.8. The normalized spacial score (nSPS) is 11.8. The van der Waals surface area contributed by atoms with Crippen LogP contribution in [-0.2, 0) is 0 Å². The largest absolute Gasteiger partial charge is 0.278 e. The maximum Gasteiger partial charge on any atom is 0.235 e. The summed E-state index contributed by atoms with van der Waals surface area (Å²) in [7, 11) is 0. The van der Waals surface area contributed by atoms with Gasteiger partial charge < -0.3 is 0 Å². The lowest BCUT2D eigenvalue weighted by atomic mass is 9.94. The lowest BCUT2D eigenvalue weighted by Gasteiger charge is -2.14. The maximum absolute atomic E-state index is 5.42. The van der Waals surface area contributed by atoms with E-state index < -0.39 is 0 Å². The van der Waals surface area contributed by atoms with Crippen molar-refractivity contribution in [2.24, 2.45) is 0 Å². The molecule has 0 aliphatic rings. The van der Waals surface area contributed by atoms with Crippen LogP contribution in [0.5, 0.6) is 0 Å². The van der Waals surface area contributed by atoms with Gasteiger partial charge in [0.1, 0.15) is 0 Å². The van der Waals surface area contributed by atoms with Crippen molar-refractivity contribution >= 4 is 75.0 Å². The van der Waals surface area contributed by atoms with Crippen molar-refractivity contribution in [2.45, 2.75) is 0 Å². The molecule has 0 fully saturated rings. The summed E-state index contributed by atoms with van der Waals surface area (Å²) in [5.41, 5.74) is 9.83. The minimum atomic E-state index is 0.660. The van der Waals surface area contributed by atoms with Crippen molar-refractivity contribution in [1.29, 1.82) is 0 Å². The molecular weight excluding hydrogens is 651 g/mol. The third-order valence-electron chi connectivity index (χ3n) is 10.4. The van der Waals surface area contributed by atoms with Gasteiger partial charge in [-0.05, 0) is 69.4 Å².